The fraction of sp³-hybridized carbons (Fsp3) is 0.368. The number of hydrogen-bond acceptors (Lipinski definition) is 7. The first-order valence-electron chi connectivity index (χ1n) is 8.91. The smallest absolute Gasteiger partial charge is 0.262 e. The molecule has 10 heteroatoms. The minimum atomic E-state index is -0.0967. The molecule has 1 amide bonds. The number of amides is 1. The molecule has 154 valence electrons. The highest BCUT2D eigenvalue weighted by Crippen LogP contribution is 2.26. The molecule has 0 saturated carbocycles. The Balaban J connectivity index is 1.89. The van der Waals surface area contributed by atoms with Gasteiger partial charge in [0.25, 0.3) is 5.56 Å². The molecule has 0 unspecified atom stereocenters. The van der Waals surface area contributed by atoms with E-state index in [1.165, 1.54) is 34.9 Å². The third-order valence-corrected chi connectivity index (χ3v) is 6.47. The summed E-state index contributed by atoms with van der Waals surface area (Å²) in [6, 6.07) is 5.10. The Morgan fingerprint density at radius 1 is 1.38 bits per heavy atom. The fourth-order valence-corrected chi connectivity index (χ4v) is 4.66. The van der Waals surface area contributed by atoms with E-state index in [0.717, 1.165) is 5.69 Å². The maximum absolute atomic E-state index is 13.0. The Hall–Kier alpha value is -1.94. The number of anilines is 1. The first kappa shape index (κ1) is 21.8. The number of thiazole rings is 1. The summed E-state index contributed by atoms with van der Waals surface area (Å²) in [6.45, 7) is 2.57. The number of thioether (sulfide) groups is 1. The molecule has 0 atom stereocenters. The molecule has 0 radical (unpaired) electrons. The molecule has 0 spiro atoms. The molecule has 0 bridgehead atoms. The average Bonchev–Trinajstić information content (AvgIpc) is 3.16. The van der Waals surface area contributed by atoms with E-state index in [0.29, 0.717) is 51.5 Å². The quantitative estimate of drug-likeness (QED) is 0.294. The summed E-state index contributed by atoms with van der Waals surface area (Å²) in [6.07, 6.45) is 0.703. The van der Waals surface area contributed by atoms with Crippen LogP contribution >= 0.6 is 34.7 Å². The van der Waals surface area contributed by atoms with Crippen molar-refractivity contribution in [1.29, 1.82) is 0 Å². The van der Waals surface area contributed by atoms with E-state index in [-0.39, 0.29) is 11.5 Å². The van der Waals surface area contributed by atoms with Gasteiger partial charge in [-0.1, -0.05) is 23.4 Å². The Kier molecular flexibility index (Phi) is 7.28. The van der Waals surface area contributed by atoms with Gasteiger partial charge >= 0.3 is 0 Å². The first-order chi connectivity index (χ1) is 13.9. The molecule has 0 saturated heterocycles. The van der Waals surface area contributed by atoms with Gasteiger partial charge in [0, 0.05) is 50.4 Å². The summed E-state index contributed by atoms with van der Waals surface area (Å²) >= 11 is 8.93. The molecule has 0 N–H and O–H groups in total. The standard InChI is InChI=1S/C19H21ClN4O3S2/c1-12(25)23(2)18-21-14(10-28-18)11-29-19-22-16-9-13(20)5-6-15(16)17(26)24(19)7-4-8-27-3/h5-6,9-10H,4,7-8,11H2,1-3H3. The van der Waals surface area contributed by atoms with Gasteiger partial charge < -0.3 is 4.74 Å². The van der Waals surface area contributed by atoms with Gasteiger partial charge in [0.2, 0.25) is 5.91 Å². The number of rotatable bonds is 8. The van der Waals surface area contributed by atoms with Crippen LogP contribution in [0.25, 0.3) is 10.9 Å². The van der Waals surface area contributed by atoms with Gasteiger partial charge in [0.1, 0.15) is 0 Å². The fourth-order valence-electron chi connectivity index (χ4n) is 2.64. The third kappa shape index (κ3) is 5.16. The largest absolute Gasteiger partial charge is 0.385 e. The van der Waals surface area contributed by atoms with Gasteiger partial charge in [-0.15, -0.1) is 11.3 Å². The number of carbonyl (C=O) groups excluding carboxylic acids is 1. The van der Waals surface area contributed by atoms with Crippen molar-refractivity contribution in [1.82, 2.24) is 14.5 Å². The lowest BCUT2D eigenvalue weighted by molar-refractivity contribution is -0.116. The monoisotopic (exact) mass is 452 g/mol. The zero-order valence-corrected chi connectivity index (χ0v) is 18.7. The second-order valence-electron chi connectivity index (χ2n) is 6.35. The summed E-state index contributed by atoms with van der Waals surface area (Å²) < 4.78 is 6.79. The molecular weight excluding hydrogens is 432 g/mol. The van der Waals surface area contributed by atoms with Crippen LogP contribution in [0.3, 0.4) is 0 Å². The van der Waals surface area contributed by atoms with Crippen LogP contribution in [0.2, 0.25) is 5.02 Å². The lowest BCUT2D eigenvalue weighted by atomic mass is 10.2. The van der Waals surface area contributed by atoms with Crippen molar-refractivity contribution in [2.24, 2.45) is 0 Å². The van der Waals surface area contributed by atoms with Crippen LogP contribution < -0.4 is 10.5 Å². The number of nitrogens with zero attached hydrogens (tertiary/aromatic N) is 4. The van der Waals surface area contributed by atoms with Crippen LogP contribution in [0.15, 0.2) is 33.5 Å². The normalized spacial score (nSPS) is 11.2. The van der Waals surface area contributed by atoms with E-state index >= 15 is 0 Å². The van der Waals surface area contributed by atoms with Crippen molar-refractivity contribution in [3.63, 3.8) is 0 Å². The number of methoxy groups -OCH3 is 1. The molecule has 29 heavy (non-hydrogen) atoms. The zero-order chi connectivity index (χ0) is 21.0. The van der Waals surface area contributed by atoms with Gasteiger partial charge in [-0.25, -0.2) is 9.97 Å². The summed E-state index contributed by atoms with van der Waals surface area (Å²) in [5.41, 5.74) is 1.30. The Labute approximate surface area is 181 Å². The van der Waals surface area contributed by atoms with Gasteiger partial charge in [0.05, 0.1) is 16.6 Å². The van der Waals surface area contributed by atoms with Crippen molar-refractivity contribution in [2.45, 2.75) is 30.8 Å². The first-order valence-corrected chi connectivity index (χ1v) is 11.2. The maximum Gasteiger partial charge on any atom is 0.262 e. The summed E-state index contributed by atoms with van der Waals surface area (Å²) in [5, 5.41) is 4.23. The van der Waals surface area contributed by atoms with Crippen molar-refractivity contribution in [3.05, 3.63) is 44.6 Å². The number of ether oxygens (including phenoxy) is 1. The number of halogens is 1. The van der Waals surface area contributed by atoms with Crippen molar-refractivity contribution in [3.8, 4) is 0 Å². The Bertz CT molecular complexity index is 1080. The summed E-state index contributed by atoms with van der Waals surface area (Å²) in [4.78, 5) is 35.2. The van der Waals surface area contributed by atoms with Gasteiger partial charge in [-0.3, -0.25) is 19.1 Å². The second-order valence-corrected chi connectivity index (χ2v) is 8.56. The third-order valence-electron chi connectivity index (χ3n) is 4.26. The van der Waals surface area contributed by atoms with Gasteiger partial charge in [-0.05, 0) is 24.6 Å². The van der Waals surface area contributed by atoms with Crippen molar-refractivity contribution < 1.29 is 9.53 Å². The molecule has 1 aromatic carbocycles. The SMILES string of the molecule is COCCCn1c(SCc2csc(N(C)C(C)=O)n2)nc2cc(Cl)ccc2c1=O. The van der Waals surface area contributed by atoms with E-state index < -0.39 is 0 Å². The number of benzene rings is 1. The summed E-state index contributed by atoms with van der Waals surface area (Å²) in [5.74, 6) is 0.462. The molecule has 2 aromatic heterocycles. The molecule has 3 aromatic rings. The lowest BCUT2D eigenvalue weighted by Gasteiger charge is -2.13. The maximum atomic E-state index is 13.0. The van der Waals surface area contributed by atoms with Crippen LogP contribution in [0, 0.1) is 0 Å². The van der Waals surface area contributed by atoms with Crippen molar-refractivity contribution in [2.75, 3.05) is 25.7 Å². The highest BCUT2D eigenvalue weighted by molar-refractivity contribution is 7.98. The minimum Gasteiger partial charge on any atom is -0.385 e. The molecule has 0 aliphatic heterocycles. The molecule has 3 rings (SSSR count). The summed E-state index contributed by atoms with van der Waals surface area (Å²) in [7, 11) is 3.33. The highest BCUT2D eigenvalue weighted by atomic mass is 35.5. The number of fused-ring (bicyclic) bond motifs is 1. The van der Waals surface area contributed by atoms with Crippen molar-refractivity contribution >= 4 is 56.6 Å². The highest BCUT2D eigenvalue weighted by Gasteiger charge is 2.14. The molecule has 2 heterocycles. The molecule has 0 fully saturated rings. The average molecular weight is 453 g/mol. The predicted molar refractivity (Wildman–Crippen MR) is 118 cm³/mol. The van der Waals surface area contributed by atoms with Crippen LogP contribution in [-0.2, 0) is 21.8 Å². The number of aromatic nitrogens is 3. The zero-order valence-electron chi connectivity index (χ0n) is 16.3. The Morgan fingerprint density at radius 3 is 2.90 bits per heavy atom. The minimum absolute atomic E-state index is 0.0707. The van der Waals surface area contributed by atoms with E-state index in [2.05, 4.69) is 9.97 Å². The van der Waals surface area contributed by atoms with E-state index in [1.54, 1.807) is 36.9 Å². The van der Waals surface area contributed by atoms with Crippen LogP contribution in [0.5, 0.6) is 0 Å². The predicted octanol–water partition coefficient (Wildman–Crippen LogP) is 3.82. The lowest BCUT2D eigenvalue weighted by Crippen LogP contribution is -2.24. The molecule has 7 nitrogen and oxygen atoms in total. The molecule has 0 aliphatic rings. The van der Waals surface area contributed by atoms with Crippen LogP contribution in [0.4, 0.5) is 5.13 Å². The Morgan fingerprint density at radius 2 is 2.17 bits per heavy atom. The number of hydrogen-bond donors (Lipinski definition) is 0. The van der Waals surface area contributed by atoms with Gasteiger partial charge in [-0.2, -0.15) is 0 Å². The van der Waals surface area contributed by atoms with Crippen LogP contribution in [-0.4, -0.2) is 41.2 Å². The van der Waals surface area contributed by atoms with Gasteiger partial charge in [0.15, 0.2) is 10.3 Å². The molecular formula is C19H21ClN4O3S2. The second kappa shape index (κ2) is 9.71. The van der Waals surface area contributed by atoms with E-state index in [1.807, 2.05) is 5.38 Å². The van der Waals surface area contributed by atoms with E-state index in [4.69, 9.17) is 16.3 Å². The van der Waals surface area contributed by atoms with E-state index in [9.17, 15) is 9.59 Å². The topological polar surface area (TPSA) is 77.3 Å². The number of carbonyl (C=O) groups is 1. The molecule has 0 aliphatic carbocycles. The van der Waals surface area contributed by atoms with Crippen LogP contribution in [0.1, 0.15) is 19.0 Å².